The molecular weight excluding hydrogens is 755 g/mol. The summed E-state index contributed by atoms with van der Waals surface area (Å²) in [5, 5.41) is 19.7. The molecule has 2 unspecified atom stereocenters. The number of β-amino-alcohol motifs (C(OH)–C–C–N with tert-alkyl or cyclic N) is 1. The molecule has 1 aromatic rings. The number of aliphatic hydroxyl groups is 1. The van der Waals surface area contributed by atoms with E-state index in [1.54, 1.807) is 28.2 Å². The second-order valence-electron chi connectivity index (χ2n) is 16.5. The smallest absolute Gasteiger partial charge is 0.269 e. The molecule has 2 heterocycles. The maximum Gasteiger partial charge on any atom is 0.269 e. The number of Topliss-reactive ketones (excluding diaryl/α,β-unsaturated/α-hetero) is 1. The molecule has 2 aliphatic heterocycles. The van der Waals surface area contributed by atoms with E-state index in [4.69, 9.17) is 14.3 Å². The van der Waals surface area contributed by atoms with E-state index in [0.717, 1.165) is 29.9 Å². The summed E-state index contributed by atoms with van der Waals surface area (Å²) in [6, 6.07) is 7.65. The van der Waals surface area contributed by atoms with E-state index in [9.17, 15) is 29.1 Å². The standard InChI is InChI=1S/C31H49N3O7.C12H24N2O2.C2H6/c1-7-20(2)21(3)27(39-5)17-28(36)33-15-11-14-26(33)29(40-6)22(4)30(37)32-25(16-23-12-9-8-10-13-23)31(38)34-18-24(35)19-41-34;1-7(2)10(9(5)15)14-12(16)11(13-6)8(3)4;1-2/h8-10,12-13,20-22,24-27,29,35H,7,11,14-19H2,1-6H3,(H,32,37);7-8,10-11,13H,1-6H3,(H,14,16);1-2H3/t20-,21-,22+,24?,25-,26-,27+,29+;10-,11?;/m00./s1. The highest BCUT2D eigenvalue weighted by atomic mass is 16.7. The second kappa shape index (κ2) is 27.4. The first-order valence-corrected chi connectivity index (χ1v) is 21.7. The van der Waals surface area contributed by atoms with Gasteiger partial charge >= 0.3 is 0 Å². The molecule has 4 N–H and O–H groups in total. The summed E-state index contributed by atoms with van der Waals surface area (Å²) in [5.41, 5.74) is 0.883. The Morgan fingerprint density at radius 2 is 1.51 bits per heavy atom. The van der Waals surface area contributed by atoms with Gasteiger partial charge in [-0.05, 0) is 56.0 Å². The molecule has 14 nitrogen and oxygen atoms in total. The molecule has 2 fully saturated rings. The Labute approximate surface area is 355 Å². The molecule has 0 bridgehead atoms. The van der Waals surface area contributed by atoms with E-state index >= 15 is 0 Å². The van der Waals surface area contributed by atoms with Crippen LogP contribution in [0, 0.1) is 29.6 Å². The third-order valence-electron chi connectivity index (χ3n) is 11.6. The van der Waals surface area contributed by atoms with Crippen molar-refractivity contribution in [3.05, 3.63) is 35.9 Å². The van der Waals surface area contributed by atoms with E-state index in [0.29, 0.717) is 12.5 Å². The summed E-state index contributed by atoms with van der Waals surface area (Å²) in [7, 11) is 4.97. The number of rotatable bonds is 20. The molecule has 338 valence electrons. The van der Waals surface area contributed by atoms with Crippen LogP contribution in [0.3, 0.4) is 0 Å². The predicted octanol–water partition coefficient (Wildman–Crippen LogP) is 4.56. The van der Waals surface area contributed by atoms with E-state index in [1.165, 1.54) is 6.92 Å². The lowest BCUT2D eigenvalue weighted by atomic mass is 9.87. The number of nitrogens with zero attached hydrogens (tertiary/aromatic N) is 2. The predicted molar refractivity (Wildman–Crippen MR) is 231 cm³/mol. The number of likely N-dealkylation sites (tertiary alicyclic amines) is 1. The number of nitrogens with one attached hydrogen (secondary N) is 3. The molecule has 2 saturated heterocycles. The van der Waals surface area contributed by atoms with Crippen molar-refractivity contribution in [1.29, 1.82) is 0 Å². The van der Waals surface area contributed by atoms with Crippen molar-refractivity contribution in [2.45, 2.75) is 151 Å². The van der Waals surface area contributed by atoms with E-state index < -0.39 is 30.1 Å². The number of carbonyl (C=O) groups is 5. The third kappa shape index (κ3) is 16.5. The summed E-state index contributed by atoms with van der Waals surface area (Å²) in [4.78, 5) is 70.9. The minimum absolute atomic E-state index is 0.00181. The molecule has 59 heavy (non-hydrogen) atoms. The number of methoxy groups -OCH3 is 2. The summed E-state index contributed by atoms with van der Waals surface area (Å²) < 4.78 is 11.6. The van der Waals surface area contributed by atoms with Crippen LogP contribution in [-0.2, 0) is 44.7 Å². The average molecular weight is 834 g/mol. The van der Waals surface area contributed by atoms with Gasteiger partial charge in [0.25, 0.3) is 5.91 Å². The number of amides is 4. The lowest BCUT2D eigenvalue weighted by Gasteiger charge is -2.36. The molecule has 4 amide bonds. The Hall–Kier alpha value is -3.43. The van der Waals surface area contributed by atoms with E-state index in [2.05, 4.69) is 36.7 Å². The van der Waals surface area contributed by atoms with Crippen LogP contribution in [0.4, 0.5) is 0 Å². The van der Waals surface area contributed by atoms with Crippen molar-refractivity contribution in [2.24, 2.45) is 29.6 Å². The molecule has 14 heteroatoms. The molecular formula is C45H79N5O9. The third-order valence-corrected chi connectivity index (χ3v) is 11.6. The van der Waals surface area contributed by atoms with Crippen LogP contribution < -0.4 is 16.0 Å². The summed E-state index contributed by atoms with van der Waals surface area (Å²) in [6.45, 7) is 22.2. The number of hydroxylamine groups is 2. The lowest BCUT2D eigenvalue weighted by molar-refractivity contribution is -0.172. The second-order valence-corrected chi connectivity index (χ2v) is 16.5. The lowest BCUT2D eigenvalue weighted by Crippen LogP contribution is -2.54. The van der Waals surface area contributed by atoms with Crippen LogP contribution >= 0.6 is 0 Å². The zero-order valence-corrected chi connectivity index (χ0v) is 38.6. The van der Waals surface area contributed by atoms with Crippen LogP contribution in [-0.4, -0.2) is 128 Å². The molecule has 0 spiro atoms. The zero-order valence-electron chi connectivity index (χ0n) is 38.6. The van der Waals surface area contributed by atoms with Gasteiger partial charge in [0.05, 0.1) is 49.2 Å². The molecule has 2 aliphatic rings. The van der Waals surface area contributed by atoms with Gasteiger partial charge in [0.1, 0.15) is 18.8 Å². The monoisotopic (exact) mass is 834 g/mol. The normalized spacial score (nSPS) is 20.5. The maximum absolute atomic E-state index is 13.6. The highest BCUT2D eigenvalue weighted by molar-refractivity contribution is 5.90. The molecule has 0 aromatic heterocycles. The first kappa shape index (κ1) is 53.6. The first-order valence-electron chi connectivity index (χ1n) is 21.7. The summed E-state index contributed by atoms with van der Waals surface area (Å²) >= 11 is 0. The molecule has 0 aliphatic carbocycles. The van der Waals surface area contributed by atoms with Crippen LogP contribution in [0.2, 0.25) is 0 Å². The fourth-order valence-electron chi connectivity index (χ4n) is 7.70. The van der Waals surface area contributed by atoms with Crippen molar-refractivity contribution in [3.63, 3.8) is 0 Å². The Balaban J connectivity index is 0.000000813. The van der Waals surface area contributed by atoms with Crippen molar-refractivity contribution < 1.29 is 43.4 Å². The number of hydrogen-bond acceptors (Lipinski definition) is 10. The quantitative estimate of drug-likeness (QED) is 0.146. The molecule has 3 rings (SSSR count). The molecule has 0 radical (unpaired) electrons. The van der Waals surface area contributed by atoms with Crippen LogP contribution in [0.1, 0.15) is 107 Å². The van der Waals surface area contributed by atoms with Gasteiger partial charge in [-0.15, -0.1) is 0 Å². The van der Waals surface area contributed by atoms with Crippen LogP contribution in [0.15, 0.2) is 30.3 Å². The van der Waals surface area contributed by atoms with Crippen molar-refractivity contribution >= 4 is 29.4 Å². The van der Waals surface area contributed by atoms with Gasteiger partial charge < -0.3 is 35.4 Å². The molecule has 1 aromatic carbocycles. The Bertz CT molecular complexity index is 1410. The number of likely N-dealkylation sites (N-methyl/N-ethyl adjacent to an activating group) is 1. The Kier molecular flexibility index (Phi) is 24.9. The van der Waals surface area contributed by atoms with Crippen molar-refractivity contribution in [1.82, 2.24) is 25.9 Å². The van der Waals surface area contributed by atoms with Gasteiger partial charge in [0, 0.05) is 27.2 Å². The number of carbonyl (C=O) groups excluding carboxylic acids is 5. The number of ether oxygens (including phenoxy) is 2. The maximum atomic E-state index is 13.6. The topological polar surface area (TPSA) is 176 Å². The number of benzene rings is 1. The fourth-order valence-corrected chi connectivity index (χ4v) is 7.70. The molecule has 10 atom stereocenters. The summed E-state index contributed by atoms with van der Waals surface area (Å²) in [5.74, 6) is -0.512. The number of hydrogen-bond donors (Lipinski definition) is 4. The Morgan fingerprint density at radius 1 is 0.898 bits per heavy atom. The van der Waals surface area contributed by atoms with Gasteiger partial charge in [0.15, 0.2) is 5.78 Å². The van der Waals surface area contributed by atoms with Crippen molar-refractivity contribution in [2.75, 3.05) is 41.0 Å². The largest absolute Gasteiger partial charge is 0.389 e. The van der Waals surface area contributed by atoms with E-state index in [-0.39, 0.29) is 91.5 Å². The zero-order chi connectivity index (χ0) is 45.0. The van der Waals surface area contributed by atoms with Gasteiger partial charge in [-0.3, -0.25) is 28.8 Å². The van der Waals surface area contributed by atoms with Gasteiger partial charge in [-0.2, -0.15) is 0 Å². The highest BCUT2D eigenvalue weighted by Gasteiger charge is 2.42. The first-order chi connectivity index (χ1) is 27.9. The number of aliphatic hydroxyl groups excluding tert-OH is 1. The number of ketones is 1. The van der Waals surface area contributed by atoms with Gasteiger partial charge in [0.2, 0.25) is 17.7 Å². The minimum Gasteiger partial charge on any atom is -0.389 e. The van der Waals surface area contributed by atoms with Crippen LogP contribution in [0.5, 0.6) is 0 Å². The van der Waals surface area contributed by atoms with Gasteiger partial charge in [-0.25, -0.2) is 5.06 Å². The highest BCUT2D eigenvalue weighted by Crippen LogP contribution is 2.29. The van der Waals surface area contributed by atoms with E-state index in [1.807, 2.05) is 76.8 Å². The van der Waals surface area contributed by atoms with Gasteiger partial charge in [-0.1, -0.05) is 106 Å². The van der Waals surface area contributed by atoms with Crippen molar-refractivity contribution in [3.8, 4) is 0 Å². The fraction of sp³-hybridized carbons (Fsp3) is 0.756. The Morgan fingerprint density at radius 3 is 1.98 bits per heavy atom. The SMILES string of the molecule is CC.CC[C@H](C)[C@H](C)[C@@H](CC(=O)N1CCC[C@H]1[C@H](OC)[C@@H](C)C(=O)N[C@@H](Cc1ccccc1)C(=O)N1CC(O)CO1)OC.CNC(C(=O)N[C@H](C(C)=O)C(C)C)C(C)C. The minimum atomic E-state index is -0.888. The van der Waals surface area contributed by atoms with Crippen LogP contribution in [0.25, 0.3) is 0 Å². The average Bonchev–Trinajstić information content (AvgIpc) is 3.89. The molecule has 0 saturated carbocycles. The summed E-state index contributed by atoms with van der Waals surface area (Å²) in [6.07, 6.45) is 1.62.